The van der Waals surface area contributed by atoms with Crippen molar-refractivity contribution in [3.63, 3.8) is 0 Å². The molecule has 4 rings (SSSR count). The average molecular weight is 372 g/mol. The number of ether oxygens (including phenoxy) is 3. The molecule has 2 heterocycles. The van der Waals surface area contributed by atoms with Gasteiger partial charge in [-0.25, -0.2) is 0 Å². The maximum atomic E-state index is 11.3. The lowest BCUT2D eigenvalue weighted by Crippen LogP contribution is -2.24. The standard InChI is InChI=1S/C18H16N2O7/c21-19(22)15-7-3-1-5-13(15)17(11-26-17)9-25-10-18(12-27-18)14-6-2-4-8-16(14)20(23)24/h1-8H,9-12H2. The number of epoxide rings is 2. The molecule has 0 bridgehead atoms. The number of nitro benzene ring substituents is 2. The normalized spacial score (nSPS) is 25.8. The highest BCUT2D eigenvalue weighted by atomic mass is 16.7. The molecule has 2 aliphatic rings. The maximum Gasteiger partial charge on any atom is 0.275 e. The van der Waals surface area contributed by atoms with Crippen LogP contribution in [0.5, 0.6) is 0 Å². The zero-order valence-corrected chi connectivity index (χ0v) is 14.2. The van der Waals surface area contributed by atoms with E-state index in [1.807, 2.05) is 0 Å². The molecule has 2 aliphatic heterocycles. The summed E-state index contributed by atoms with van der Waals surface area (Å²) < 4.78 is 16.8. The van der Waals surface area contributed by atoms with Gasteiger partial charge in [-0.2, -0.15) is 0 Å². The summed E-state index contributed by atoms with van der Waals surface area (Å²) in [7, 11) is 0. The zero-order valence-electron chi connectivity index (χ0n) is 14.2. The lowest BCUT2D eigenvalue weighted by atomic mass is 9.97. The van der Waals surface area contributed by atoms with E-state index < -0.39 is 21.0 Å². The Hall–Kier alpha value is -2.88. The van der Waals surface area contributed by atoms with Crippen LogP contribution in [-0.2, 0) is 25.4 Å². The summed E-state index contributed by atoms with van der Waals surface area (Å²) in [6.45, 7) is 0.835. The van der Waals surface area contributed by atoms with Crippen molar-refractivity contribution in [2.75, 3.05) is 26.4 Å². The molecular formula is C18H16N2O7. The number of nitrogens with zero attached hydrogens (tertiary/aromatic N) is 2. The van der Waals surface area contributed by atoms with E-state index in [9.17, 15) is 20.2 Å². The van der Waals surface area contributed by atoms with E-state index in [0.717, 1.165) is 0 Å². The molecule has 0 aromatic heterocycles. The van der Waals surface area contributed by atoms with Crippen molar-refractivity contribution in [1.29, 1.82) is 0 Å². The first-order valence-corrected chi connectivity index (χ1v) is 8.31. The molecule has 2 fully saturated rings. The predicted octanol–water partition coefficient (Wildman–Crippen LogP) is 2.67. The molecule has 9 nitrogen and oxygen atoms in total. The van der Waals surface area contributed by atoms with E-state index in [1.54, 1.807) is 36.4 Å². The van der Waals surface area contributed by atoms with Gasteiger partial charge in [0, 0.05) is 12.1 Å². The smallest absolute Gasteiger partial charge is 0.275 e. The van der Waals surface area contributed by atoms with Crippen LogP contribution in [0.3, 0.4) is 0 Å². The van der Waals surface area contributed by atoms with Crippen LogP contribution in [0, 0.1) is 20.2 Å². The molecule has 2 atom stereocenters. The fourth-order valence-electron chi connectivity index (χ4n) is 3.22. The molecule has 0 radical (unpaired) electrons. The SMILES string of the molecule is O=[N+]([O-])c1ccccc1C1(COCC2(c3ccccc3[N+](=O)[O-])CO2)CO1. The molecule has 2 aromatic rings. The Kier molecular flexibility index (Phi) is 4.14. The van der Waals surface area contributed by atoms with Crippen LogP contribution in [0.2, 0.25) is 0 Å². The first-order valence-electron chi connectivity index (χ1n) is 8.31. The van der Waals surface area contributed by atoms with Gasteiger partial charge in [0.15, 0.2) is 0 Å². The first-order chi connectivity index (χ1) is 13.0. The summed E-state index contributed by atoms with van der Waals surface area (Å²) in [5.74, 6) is 0. The average Bonchev–Trinajstić information content (AvgIpc) is 3.59. The summed E-state index contributed by atoms with van der Waals surface area (Å²) in [5, 5.41) is 22.5. The lowest BCUT2D eigenvalue weighted by molar-refractivity contribution is -0.386. The Morgan fingerprint density at radius 2 is 1.19 bits per heavy atom. The van der Waals surface area contributed by atoms with Crippen LogP contribution in [0.15, 0.2) is 48.5 Å². The van der Waals surface area contributed by atoms with Gasteiger partial charge in [0.25, 0.3) is 11.4 Å². The topological polar surface area (TPSA) is 121 Å². The molecule has 0 amide bonds. The monoisotopic (exact) mass is 372 g/mol. The minimum atomic E-state index is -0.859. The van der Waals surface area contributed by atoms with Crippen molar-refractivity contribution >= 4 is 11.4 Å². The van der Waals surface area contributed by atoms with Gasteiger partial charge in [-0.05, 0) is 12.1 Å². The lowest BCUT2D eigenvalue weighted by Gasteiger charge is -2.16. The molecule has 2 unspecified atom stereocenters. The third-order valence-corrected chi connectivity index (χ3v) is 4.84. The zero-order chi connectivity index (χ0) is 19.1. The predicted molar refractivity (Wildman–Crippen MR) is 92.3 cm³/mol. The highest BCUT2D eigenvalue weighted by Gasteiger charge is 2.54. The van der Waals surface area contributed by atoms with Gasteiger partial charge < -0.3 is 14.2 Å². The van der Waals surface area contributed by atoms with Gasteiger partial charge in [0.1, 0.15) is 11.2 Å². The van der Waals surface area contributed by atoms with Crippen molar-refractivity contribution in [2.24, 2.45) is 0 Å². The van der Waals surface area contributed by atoms with E-state index >= 15 is 0 Å². The van der Waals surface area contributed by atoms with Crippen LogP contribution in [-0.4, -0.2) is 36.3 Å². The Labute approximate surface area is 153 Å². The summed E-state index contributed by atoms with van der Waals surface area (Å²) in [4.78, 5) is 21.6. The molecule has 0 aliphatic carbocycles. The molecule has 27 heavy (non-hydrogen) atoms. The van der Waals surface area contributed by atoms with Crippen LogP contribution in [0.4, 0.5) is 11.4 Å². The van der Waals surface area contributed by atoms with E-state index in [-0.39, 0.29) is 24.6 Å². The van der Waals surface area contributed by atoms with Crippen LogP contribution >= 0.6 is 0 Å². The molecule has 2 aromatic carbocycles. The van der Waals surface area contributed by atoms with Crippen molar-refractivity contribution in [2.45, 2.75) is 11.2 Å². The molecule has 2 saturated heterocycles. The number of benzene rings is 2. The molecule has 0 spiro atoms. The molecule has 9 heteroatoms. The van der Waals surface area contributed by atoms with Crippen molar-refractivity contribution < 1.29 is 24.1 Å². The third-order valence-electron chi connectivity index (χ3n) is 4.84. The largest absolute Gasteiger partial charge is 0.375 e. The number of hydrogen-bond donors (Lipinski definition) is 0. The van der Waals surface area contributed by atoms with E-state index in [1.165, 1.54) is 12.1 Å². The van der Waals surface area contributed by atoms with Gasteiger partial charge in [0.2, 0.25) is 0 Å². The number of rotatable bonds is 8. The number of para-hydroxylation sites is 2. The van der Waals surface area contributed by atoms with Crippen molar-refractivity contribution in [3.8, 4) is 0 Å². The summed E-state index contributed by atoms with van der Waals surface area (Å²) in [5.41, 5.74) is -0.827. The highest BCUT2D eigenvalue weighted by Crippen LogP contribution is 2.46. The van der Waals surface area contributed by atoms with Crippen molar-refractivity contribution in [1.82, 2.24) is 0 Å². The fourth-order valence-corrected chi connectivity index (χ4v) is 3.22. The Morgan fingerprint density at radius 3 is 1.52 bits per heavy atom. The van der Waals surface area contributed by atoms with Crippen LogP contribution in [0.1, 0.15) is 11.1 Å². The Morgan fingerprint density at radius 1 is 0.815 bits per heavy atom. The maximum absolute atomic E-state index is 11.3. The second-order valence-corrected chi connectivity index (χ2v) is 6.61. The number of nitro groups is 2. The molecule has 0 saturated carbocycles. The Bertz CT molecular complexity index is 833. The van der Waals surface area contributed by atoms with E-state index in [0.29, 0.717) is 24.3 Å². The summed E-state index contributed by atoms with van der Waals surface area (Å²) in [6.07, 6.45) is 0. The first kappa shape index (κ1) is 17.5. The molecular weight excluding hydrogens is 356 g/mol. The summed E-state index contributed by atoms with van der Waals surface area (Å²) in [6, 6.07) is 12.8. The van der Waals surface area contributed by atoms with Gasteiger partial charge >= 0.3 is 0 Å². The highest BCUT2D eigenvalue weighted by molar-refractivity contribution is 5.47. The third kappa shape index (κ3) is 3.16. The van der Waals surface area contributed by atoms with Crippen LogP contribution in [0.25, 0.3) is 0 Å². The second kappa shape index (κ2) is 6.38. The van der Waals surface area contributed by atoms with Gasteiger partial charge in [-0.3, -0.25) is 20.2 Å². The van der Waals surface area contributed by atoms with Gasteiger partial charge in [0.05, 0.1) is 47.4 Å². The van der Waals surface area contributed by atoms with Crippen LogP contribution < -0.4 is 0 Å². The minimum absolute atomic E-state index is 0.0188. The Balaban J connectivity index is 1.48. The van der Waals surface area contributed by atoms with Crippen molar-refractivity contribution in [3.05, 3.63) is 79.9 Å². The van der Waals surface area contributed by atoms with E-state index in [2.05, 4.69) is 0 Å². The quantitative estimate of drug-likeness (QED) is 0.397. The fraction of sp³-hybridized carbons (Fsp3) is 0.333. The molecule has 0 N–H and O–H groups in total. The minimum Gasteiger partial charge on any atom is -0.375 e. The number of hydrogen-bond acceptors (Lipinski definition) is 7. The van der Waals surface area contributed by atoms with E-state index in [4.69, 9.17) is 14.2 Å². The van der Waals surface area contributed by atoms with Gasteiger partial charge in [-0.1, -0.05) is 24.3 Å². The second-order valence-electron chi connectivity index (χ2n) is 6.61. The summed E-state index contributed by atoms with van der Waals surface area (Å²) >= 11 is 0. The van der Waals surface area contributed by atoms with Gasteiger partial charge in [-0.15, -0.1) is 0 Å². The molecule has 140 valence electrons.